The summed E-state index contributed by atoms with van der Waals surface area (Å²) in [7, 11) is 0. The summed E-state index contributed by atoms with van der Waals surface area (Å²) in [5.41, 5.74) is -1.75. The topological polar surface area (TPSA) is 87.7 Å². The van der Waals surface area contributed by atoms with Crippen molar-refractivity contribution < 1.29 is 19.4 Å². The van der Waals surface area contributed by atoms with Crippen LogP contribution in [0.15, 0.2) is 31.9 Å². The van der Waals surface area contributed by atoms with Crippen LogP contribution >= 0.6 is 27.3 Å². The molecule has 0 saturated heterocycles. The van der Waals surface area contributed by atoms with E-state index in [0.717, 1.165) is 38.7 Å². The Labute approximate surface area is 155 Å². The molecule has 2 N–H and O–H groups in total. The lowest BCUT2D eigenvalue weighted by Crippen LogP contribution is -2.27. The van der Waals surface area contributed by atoms with Gasteiger partial charge >= 0.3 is 11.6 Å². The molecule has 1 fully saturated rings. The number of aromatic carboxylic acids is 1. The minimum atomic E-state index is -1.31. The van der Waals surface area contributed by atoms with Gasteiger partial charge in [0.1, 0.15) is 5.56 Å². The standard InChI is InChI=1S/C18H15BrO5S/c19-12-10-5-4-9-8-11(16(20)21)17(22)24-13(9)14(10)25-15(12)18(23)6-2-1-3-7-18/h4-5,8,23H,1-3,6-7H2,(H,20,21). The normalized spacial score (nSPS) is 17.2. The summed E-state index contributed by atoms with van der Waals surface area (Å²) in [5.74, 6) is -1.31. The van der Waals surface area contributed by atoms with Crippen LogP contribution in [0.5, 0.6) is 0 Å². The molecule has 0 unspecified atom stereocenters. The van der Waals surface area contributed by atoms with Crippen LogP contribution in [0.2, 0.25) is 0 Å². The Bertz CT molecular complexity index is 1060. The Morgan fingerprint density at radius 3 is 2.64 bits per heavy atom. The predicted octanol–water partition coefficient (Wildman–Crippen LogP) is 4.62. The molecule has 0 spiro atoms. The van der Waals surface area contributed by atoms with E-state index < -0.39 is 17.2 Å². The largest absolute Gasteiger partial charge is 0.477 e. The molecule has 4 rings (SSSR count). The van der Waals surface area contributed by atoms with Crippen LogP contribution in [0, 0.1) is 0 Å². The van der Waals surface area contributed by atoms with Crippen LogP contribution < -0.4 is 5.63 Å². The van der Waals surface area contributed by atoms with E-state index in [-0.39, 0.29) is 5.56 Å². The second-order valence-corrected chi connectivity index (χ2v) is 8.26. The highest BCUT2D eigenvalue weighted by molar-refractivity contribution is 9.10. The summed E-state index contributed by atoms with van der Waals surface area (Å²) >= 11 is 5.01. The first-order chi connectivity index (χ1) is 11.9. The average molecular weight is 423 g/mol. The number of fused-ring (bicyclic) bond motifs is 3. The molecule has 2 aromatic heterocycles. The molecule has 0 amide bonds. The van der Waals surface area contributed by atoms with Crippen molar-refractivity contribution in [2.24, 2.45) is 0 Å². The number of aliphatic hydroxyl groups is 1. The van der Waals surface area contributed by atoms with E-state index in [2.05, 4.69) is 15.9 Å². The predicted molar refractivity (Wildman–Crippen MR) is 99.5 cm³/mol. The van der Waals surface area contributed by atoms with Gasteiger partial charge in [0.15, 0.2) is 5.58 Å². The monoisotopic (exact) mass is 422 g/mol. The van der Waals surface area contributed by atoms with Gasteiger partial charge < -0.3 is 14.6 Å². The third kappa shape index (κ3) is 2.61. The van der Waals surface area contributed by atoms with Crippen molar-refractivity contribution in [2.75, 3.05) is 0 Å². The highest BCUT2D eigenvalue weighted by Gasteiger charge is 2.35. The van der Waals surface area contributed by atoms with Crippen molar-refractivity contribution in [3.05, 3.63) is 43.5 Å². The third-order valence-electron chi connectivity index (χ3n) is 4.83. The second kappa shape index (κ2) is 5.93. The number of benzene rings is 1. The Kier molecular flexibility index (Phi) is 3.97. The molecular formula is C18H15BrO5S. The third-order valence-corrected chi connectivity index (χ3v) is 7.31. The van der Waals surface area contributed by atoms with Gasteiger partial charge in [-0.2, -0.15) is 0 Å². The molecule has 0 bridgehead atoms. The molecule has 25 heavy (non-hydrogen) atoms. The van der Waals surface area contributed by atoms with Gasteiger partial charge in [-0.1, -0.05) is 31.4 Å². The first-order valence-electron chi connectivity index (χ1n) is 8.06. The number of hydrogen-bond acceptors (Lipinski definition) is 5. The van der Waals surface area contributed by atoms with Gasteiger partial charge in [-0.05, 0) is 34.8 Å². The first kappa shape index (κ1) is 16.8. The molecule has 1 saturated carbocycles. The van der Waals surface area contributed by atoms with Crippen LogP contribution in [-0.2, 0) is 5.60 Å². The Morgan fingerprint density at radius 1 is 1.24 bits per heavy atom. The Hall–Kier alpha value is -1.70. The second-order valence-electron chi connectivity index (χ2n) is 6.45. The molecule has 1 aliphatic rings. The van der Waals surface area contributed by atoms with E-state index >= 15 is 0 Å². The molecule has 1 aromatic carbocycles. The molecule has 0 aliphatic heterocycles. The fraction of sp³-hybridized carbons (Fsp3) is 0.333. The first-order valence-corrected chi connectivity index (χ1v) is 9.67. The van der Waals surface area contributed by atoms with Gasteiger partial charge in [0, 0.05) is 15.2 Å². The van der Waals surface area contributed by atoms with E-state index in [9.17, 15) is 14.7 Å². The average Bonchev–Trinajstić information content (AvgIpc) is 2.93. The van der Waals surface area contributed by atoms with Crippen LogP contribution in [0.25, 0.3) is 21.1 Å². The number of thiophene rings is 1. The van der Waals surface area contributed by atoms with Crippen LogP contribution in [0.3, 0.4) is 0 Å². The van der Waals surface area contributed by atoms with E-state index in [1.54, 1.807) is 6.07 Å². The lowest BCUT2D eigenvalue weighted by Gasteiger charge is -2.31. The summed E-state index contributed by atoms with van der Waals surface area (Å²) in [5, 5.41) is 21.6. The maximum absolute atomic E-state index is 12.0. The van der Waals surface area contributed by atoms with Crippen LogP contribution in [-0.4, -0.2) is 16.2 Å². The zero-order chi connectivity index (χ0) is 17.8. The van der Waals surface area contributed by atoms with Crippen molar-refractivity contribution >= 4 is 54.3 Å². The molecule has 0 radical (unpaired) electrons. The number of carbonyl (C=O) groups is 1. The van der Waals surface area contributed by atoms with Crippen molar-refractivity contribution in [3.8, 4) is 0 Å². The number of carboxylic acid groups (broad SMARTS) is 1. The van der Waals surface area contributed by atoms with Gasteiger partial charge in [-0.25, -0.2) is 9.59 Å². The zero-order valence-electron chi connectivity index (χ0n) is 13.2. The summed E-state index contributed by atoms with van der Waals surface area (Å²) in [6, 6.07) is 4.93. The highest BCUT2D eigenvalue weighted by Crippen LogP contribution is 2.48. The summed E-state index contributed by atoms with van der Waals surface area (Å²) in [4.78, 5) is 24.0. The van der Waals surface area contributed by atoms with E-state index in [1.165, 1.54) is 17.4 Å². The van der Waals surface area contributed by atoms with Gasteiger partial charge in [0.2, 0.25) is 0 Å². The fourth-order valence-corrected chi connectivity index (χ4v) is 5.92. The van der Waals surface area contributed by atoms with Crippen molar-refractivity contribution in [1.29, 1.82) is 0 Å². The minimum Gasteiger partial charge on any atom is -0.477 e. The molecule has 7 heteroatoms. The number of rotatable bonds is 2. The molecule has 130 valence electrons. The summed E-state index contributed by atoms with van der Waals surface area (Å²) < 4.78 is 6.89. The quantitative estimate of drug-likeness (QED) is 0.588. The van der Waals surface area contributed by atoms with E-state index in [0.29, 0.717) is 23.8 Å². The van der Waals surface area contributed by atoms with Gasteiger partial charge in [0.05, 0.1) is 15.2 Å². The van der Waals surface area contributed by atoms with Crippen molar-refractivity contribution in [3.63, 3.8) is 0 Å². The maximum atomic E-state index is 12.0. The van der Waals surface area contributed by atoms with Crippen LogP contribution in [0.1, 0.15) is 47.3 Å². The Balaban J connectivity index is 1.99. The van der Waals surface area contributed by atoms with Gasteiger partial charge in [0.25, 0.3) is 0 Å². The van der Waals surface area contributed by atoms with Crippen molar-refractivity contribution in [2.45, 2.75) is 37.7 Å². The summed E-state index contributed by atoms with van der Waals surface area (Å²) in [6.07, 6.45) is 4.51. The van der Waals surface area contributed by atoms with Gasteiger partial charge in [-0.3, -0.25) is 0 Å². The number of carboxylic acids is 1. The molecule has 2 heterocycles. The van der Waals surface area contributed by atoms with E-state index in [1.807, 2.05) is 6.07 Å². The van der Waals surface area contributed by atoms with E-state index in [4.69, 9.17) is 9.52 Å². The summed E-state index contributed by atoms with van der Waals surface area (Å²) in [6.45, 7) is 0. The smallest absolute Gasteiger partial charge is 0.351 e. The number of halogens is 1. The fourth-order valence-electron chi connectivity index (χ4n) is 3.51. The number of hydrogen-bond donors (Lipinski definition) is 2. The minimum absolute atomic E-state index is 0.365. The Morgan fingerprint density at radius 2 is 1.96 bits per heavy atom. The SMILES string of the molecule is O=C(O)c1cc2ccc3c(Br)c(C4(O)CCCCC4)sc3c2oc1=O. The molecule has 5 nitrogen and oxygen atoms in total. The lowest BCUT2D eigenvalue weighted by molar-refractivity contribution is 0.00231. The maximum Gasteiger partial charge on any atom is 0.351 e. The van der Waals surface area contributed by atoms with Gasteiger partial charge in [-0.15, -0.1) is 11.3 Å². The molecule has 3 aromatic rings. The molecular weight excluding hydrogens is 408 g/mol. The van der Waals surface area contributed by atoms with Crippen LogP contribution in [0.4, 0.5) is 0 Å². The van der Waals surface area contributed by atoms with Crippen molar-refractivity contribution in [1.82, 2.24) is 0 Å². The lowest BCUT2D eigenvalue weighted by atomic mass is 9.83. The highest BCUT2D eigenvalue weighted by atomic mass is 79.9. The zero-order valence-corrected chi connectivity index (χ0v) is 15.6. The molecule has 0 atom stereocenters. The molecule has 1 aliphatic carbocycles.